The molecule has 0 bridgehead atoms. The lowest BCUT2D eigenvalue weighted by molar-refractivity contribution is -0.163. The number of carboxylic acids is 1. The SMILES string of the molecule is CCCCCC1CC(C)(CC)CCC1COC(=O)C1CCCC(C)C1C(=O)O. The zero-order valence-electron chi connectivity index (χ0n) is 18.5. The van der Waals surface area contributed by atoms with E-state index in [4.69, 9.17) is 4.74 Å². The van der Waals surface area contributed by atoms with Crippen LogP contribution in [0.1, 0.15) is 98.3 Å². The second-order valence-corrected chi connectivity index (χ2v) is 9.93. The molecule has 162 valence electrons. The fraction of sp³-hybridized carbons (Fsp3) is 0.917. The quantitative estimate of drug-likeness (QED) is 0.380. The first kappa shape index (κ1) is 23.2. The Labute approximate surface area is 171 Å². The Kier molecular flexibility index (Phi) is 8.82. The highest BCUT2D eigenvalue weighted by molar-refractivity contribution is 5.81. The molecule has 0 aromatic carbocycles. The van der Waals surface area contributed by atoms with Crippen LogP contribution >= 0.6 is 0 Å². The van der Waals surface area contributed by atoms with Gasteiger partial charge in [-0.1, -0.05) is 66.2 Å². The van der Waals surface area contributed by atoms with Crippen LogP contribution in [0.4, 0.5) is 0 Å². The molecule has 0 spiro atoms. The summed E-state index contributed by atoms with van der Waals surface area (Å²) in [5.41, 5.74) is 0.421. The molecule has 0 aromatic heterocycles. The lowest BCUT2D eigenvalue weighted by atomic mass is 9.64. The van der Waals surface area contributed by atoms with E-state index in [0.717, 1.165) is 19.3 Å². The first-order chi connectivity index (χ1) is 13.3. The third-order valence-electron chi connectivity index (χ3n) is 7.82. The third kappa shape index (κ3) is 5.97. The zero-order chi connectivity index (χ0) is 20.7. The van der Waals surface area contributed by atoms with Crippen molar-refractivity contribution in [3.63, 3.8) is 0 Å². The fourth-order valence-electron chi connectivity index (χ4n) is 5.60. The van der Waals surface area contributed by atoms with Gasteiger partial charge in [0.1, 0.15) is 0 Å². The summed E-state index contributed by atoms with van der Waals surface area (Å²) in [6.07, 6.45) is 12.2. The Bertz CT molecular complexity index is 517. The van der Waals surface area contributed by atoms with Crippen LogP contribution < -0.4 is 0 Å². The average molecular weight is 395 g/mol. The van der Waals surface area contributed by atoms with Crippen LogP contribution in [-0.2, 0) is 14.3 Å². The number of carbonyl (C=O) groups excluding carboxylic acids is 1. The van der Waals surface area contributed by atoms with Gasteiger partial charge in [-0.3, -0.25) is 9.59 Å². The van der Waals surface area contributed by atoms with E-state index >= 15 is 0 Å². The van der Waals surface area contributed by atoms with Crippen molar-refractivity contribution in [1.29, 1.82) is 0 Å². The summed E-state index contributed by atoms with van der Waals surface area (Å²) in [6.45, 7) is 9.37. The fourth-order valence-corrected chi connectivity index (χ4v) is 5.60. The van der Waals surface area contributed by atoms with E-state index in [1.807, 2.05) is 6.92 Å². The van der Waals surface area contributed by atoms with E-state index in [0.29, 0.717) is 30.3 Å². The van der Waals surface area contributed by atoms with Crippen LogP contribution in [0.5, 0.6) is 0 Å². The molecule has 2 aliphatic rings. The van der Waals surface area contributed by atoms with Gasteiger partial charge in [-0.2, -0.15) is 0 Å². The molecule has 0 radical (unpaired) electrons. The topological polar surface area (TPSA) is 63.6 Å². The molecule has 4 nitrogen and oxygen atoms in total. The number of hydrogen-bond donors (Lipinski definition) is 1. The Morgan fingerprint density at radius 2 is 1.86 bits per heavy atom. The van der Waals surface area contributed by atoms with Gasteiger partial charge >= 0.3 is 11.9 Å². The van der Waals surface area contributed by atoms with E-state index < -0.39 is 17.8 Å². The first-order valence-corrected chi connectivity index (χ1v) is 11.7. The molecule has 2 rings (SSSR count). The molecular weight excluding hydrogens is 352 g/mol. The normalized spacial score (nSPS) is 36.1. The number of esters is 1. The van der Waals surface area contributed by atoms with Gasteiger partial charge in [-0.15, -0.1) is 0 Å². The summed E-state index contributed by atoms with van der Waals surface area (Å²) in [5, 5.41) is 9.58. The van der Waals surface area contributed by atoms with Crippen LogP contribution in [0.15, 0.2) is 0 Å². The maximum absolute atomic E-state index is 12.8. The van der Waals surface area contributed by atoms with Gasteiger partial charge in [0.05, 0.1) is 18.4 Å². The molecule has 0 amide bonds. The van der Waals surface area contributed by atoms with Crippen molar-refractivity contribution in [3.8, 4) is 0 Å². The minimum atomic E-state index is -0.844. The average Bonchev–Trinajstić information content (AvgIpc) is 2.67. The molecule has 1 N–H and O–H groups in total. The molecule has 0 saturated heterocycles. The maximum atomic E-state index is 12.8. The summed E-state index contributed by atoms with van der Waals surface area (Å²) >= 11 is 0. The molecule has 2 saturated carbocycles. The van der Waals surface area contributed by atoms with Crippen molar-refractivity contribution in [3.05, 3.63) is 0 Å². The second kappa shape index (κ2) is 10.6. The molecule has 0 aromatic rings. The van der Waals surface area contributed by atoms with Crippen molar-refractivity contribution >= 4 is 11.9 Å². The van der Waals surface area contributed by atoms with Crippen LogP contribution in [0, 0.1) is 35.0 Å². The lowest BCUT2D eigenvalue weighted by Crippen LogP contribution is -2.40. The number of carbonyl (C=O) groups is 2. The summed E-state index contributed by atoms with van der Waals surface area (Å²) in [5.74, 6) is -1.06. The number of rotatable bonds is 9. The smallest absolute Gasteiger partial charge is 0.309 e. The van der Waals surface area contributed by atoms with E-state index in [9.17, 15) is 14.7 Å². The Hall–Kier alpha value is -1.06. The molecule has 4 heteroatoms. The molecule has 28 heavy (non-hydrogen) atoms. The van der Waals surface area contributed by atoms with E-state index in [1.54, 1.807) is 0 Å². The summed E-state index contributed by atoms with van der Waals surface area (Å²) in [6, 6.07) is 0. The monoisotopic (exact) mass is 394 g/mol. The number of aliphatic carboxylic acids is 1. The third-order valence-corrected chi connectivity index (χ3v) is 7.82. The number of ether oxygens (including phenoxy) is 1. The Balaban J connectivity index is 1.96. The standard InChI is InChI=1S/C24H42O4/c1-5-7-8-11-18-15-24(4,6-2)14-13-19(18)16-28-23(27)20-12-9-10-17(3)21(20)22(25)26/h17-21H,5-16H2,1-4H3,(H,25,26). The number of hydrogen-bond acceptors (Lipinski definition) is 3. The first-order valence-electron chi connectivity index (χ1n) is 11.7. The molecule has 6 unspecified atom stereocenters. The summed E-state index contributed by atoms with van der Waals surface area (Å²) in [7, 11) is 0. The van der Waals surface area contributed by atoms with Gasteiger partial charge in [-0.05, 0) is 55.3 Å². The Morgan fingerprint density at radius 3 is 2.50 bits per heavy atom. The summed E-state index contributed by atoms with van der Waals surface area (Å²) in [4.78, 5) is 24.4. The van der Waals surface area contributed by atoms with Gasteiger partial charge in [0, 0.05) is 0 Å². The van der Waals surface area contributed by atoms with Crippen molar-refractivity contribution in [1.82, 2.24) is 0 Å². The predicted octanol–water partition coefficient (Wildman–Crippen LogP) is 6.08. The molecule has 0 heterocycles. The van der Waals surface area contributed by atoms with Gasteiger partial charge in [0.2, 0.25) is 0 Å². The minimum absolute atomic E-state index is 0.0468. The molecule has 0 aliphatic heterocycles. The van der Waals surface area contributed by atoms with Crippen molar-refractivity contribution in [2.24, 2.45) is 35.0 Å². The van der Waals surface area contributed by atoms with E-state index in [-0.39, 0.29) is 11.9 Å². The van der Waals surface area contributed by atoms with Crippen LogP contribution in [0.25, 0.3) is 0 Å². The van der Waals surface area contributed by atoms with Crippen LogP contribution in [0.3, 0.4) is 0 Å². The second-order valence-electron chi connectivity index (χ2n) is 9.93. The van der Waals surface area contributed by atoms with E-state index in [2.05, 4.69) is 20.8 Å². The largest absolute Gasteiger partial charge is 0.481 e. The number of carboxylic acid groups (broad SMARTS) is 1. The highest BCUT2D eigenvalue weighted by Crippen LogP contribution is 2.46. The predicted molar refractivity (Wildman–Crippen MR) is 112 cm³/mol. The number of unbranched alkanes of at least 4 members (excludes halogenated alkanes) is 2. The minimum Gasteiger partial charge on any atom is -0.481 e. The molecular formula is C24H42O4. The van der Waals surface area contributed by atoms with Crippen molar-refractivity contribution in [2.45, 2.75) is 98.3 Å². The highest BCUT2D eigenvalue weighted by atomic mass is 16.5. The van der Waals surface area contributed by atoms with Crippen LogP contribution in [-0.4, -0.2) is 23.7 Å². The van der Waals surface area contributed by atoms with Crippen molar-refractivity contribution < 1.29 is 19.4 Å². The zero-order valence-corrected chi connectivity index (χ0v) is 18.5. The van der Waals surface area contributed by atoms with Gasteiger partial charge in [0.25, 0.3) is 0 Å². The lowest BCUT2D eigenvalue weighted by Gasteiger charge is -2.42. The maximum Gasteiger partial charge on any atom is 0.309 e. The van der Waals surface area contributed by atoms with Crippen LogP contribution in [0.2, 0.25) is 0 Å². The molecule has 2 aliphatic carbocycles. The van der Waals surface area contributed by atoms with Gasteiger partial charge < -0.3 is 9.84 Å². The molecule has 2 fully saturated rings. The van der Waals surface area contributed by atoms with Crippen molar-refractivity contribution in [2.75, 3.05) is 6.61 Å². The molecule has 6 atom stereocenters. The Morgan fingerprint density at radius 1 is 1.11 bits per heavy atom. The highest BCUT2D eigenvalue weighted by Gasteiger charge is 2.42. The summed E-state index contributed by atoms with van der Waals surface area (Å²) < 4.78 is 5.79. The van der Waals surface area contributed by atoms with Gasteiger partial charge in [0.15, 0.2) is 0 Å². The van der Waals surface area contributed by atoms with Gasteiger partial charge in [-0.25, -0.2) is 0 Å². The van der Waals surface area contributed by atoms with E-state index in [1.165, 1.54) is 44.9 Å².